The maximum atomic E-state index is 12.4. The number of nitrogens with one attached hydrogen (secondary N) is 1. The number of carbonyl (C=O) groups is 2. The second kappa shape index (κ2) is 12.2. The summed E-state index contributed by atoms with van der Waals surface area (Å²) in [5.74, 6) is 0.318. The lowest BCUT2D eigenvalue weighted by Crippen LogP contribution is -2.26. The van der Waals surface area contributed by atoms with Crippen molar-refractivity contribution in [1.82, 2.24) is 5.32 Å². The third kappa shape index (κ3) is 7.32. The first kappa shape index (κ1) is 21.9. The van der Waals surface area contributed by atoms with Crippen molar-refractivity contribution >= 4 is 23.2 Å². The highest BCUT2D eigenvalue weighted by atomic mass is 32.1. The zero-order chi connectivity index (χ0) is 20.2. The molecule has 0 saturated carbocycles. The second-order valence-electron chi connectivity index (χ2n) is 5.95. The van der Waals surface area contributed by atoms with Gasteiger partial charge in [-0.3, -0.25) is 9.59 Å². The fourth-order valence-electron chi connectivity index (χ4n) is 2.56. The Morgan fingerprint density at radius 2 is 1.82 bits per heavy atom. The number of hydrogen-bond acceptors (Lipinski definition) is 6. The van der Waals surface area contributed by atoms with Crippen LogP contribution in [0, 0.1) is 0 Å². The van der Waals surface area contributed by atoms with Gasteiger partial charge in [0.1, 0.15) is 12.4 Å². The molecule has 1 heterocycles. The third-order valence-electron chi connectivity index (χ3n) is 3.92. The molecule has 2 rings (SSSR count). The van der Waals surface area contributed by atoms with E-state index in [1.54, 1.807) is 13.0 Å². The Morgan fingerprint density at radius 3 is 2.54 bits per heavy atom. The molecule has 7 heteroatoms. The van der Waals surface area contributed by atoms with Gasteiger partial charge >= 0.3 is 5.97 Å². The topological polar surface area (TPSA) is 73.9 Å². The number of ether oxygens (including phenoxy) is 3. The average molecular weight is 406 g/mol. The van der Waals surface area contributed by atoms with Crippen LogP contribution in [0.15, 0.2) is 35.7 Å². The highest BCUT2D eigenvalue weighted by Gasteiger charge is 2.16. The van der Waals surface area contributed by atoms with E-state index in [9.17, 15) is 9.59 Å². The number of rotatable bonds is 12. The minimum absolute atomic E-state index is 0.116. The van der Waals surface area contributed by atoms with Gasteiger partial charge in [-0.2, -0.15) is 0 Å². The Bertz CT molecular complexity index is 742. The third-order valence-corrected chi connectivity index (χ3v) is 4.87. The summed E-state index contributed by atoms with van der Waals surface area (Å²) in [7, 11) is 0. The summed E-state index contributed by atoms with van der Waals surface area (Å²) in [5.41, 5.74) is 1.81. The molecule has 1 amide bonds. The summed E-state index contributed by atoms with van der Waals surface area (Å²) in [6.45, 7) is 6.35. The standard InChI is InChI=1S/C21H27NO5S/c1-3-25-12-13-27-18-7-5-16(6-8-18)9-11-22-21(24)20-17(10-14-28-20)15-19(23)26-4-2/h5-8,10,14H,3-4,9,11-13,15H2,1-2H3,(H,22,24). The second-order valence-corrected chi connectivity index (χ2v) is 6.87. The lowest BCUT2D eigenvalue weighted by molar-refractivity contribution is -0.142. The van der Waals surface area contributed by atoms with Crippen molar-refractivity contribution in [2.24, 2.45) is 0 Å². The Morgan fingerprint density at radius 1 is 1.04 bits per heavy atom. The molecule has 28 heavy (non-hydrogen) atoms. The summed E-state index contributed by atoms with van der Waals surface area (Å²) in [6.07, 6.45) is 0.828. The van der Waals surface area contributed by atoms with Crippen molar-refractivity contribution in [2.75, 3.05) is 33.0 Å². The Kier molecular flexibility index (Phi) is 9.51. The first-order valence-electron chi connectivity index (χ1n) is 9.43. The quantitative estimate of drug-likeness (QED) is 0.433. The first-order chi connectivity index (χ1) is 13.6. The van der Waals surface area contributed by atoms with Crippen molar-refractivity contribution in [3.05, 3.63) is 51.7 Å². The summed E-state index contributed by atoms with van der Waals surface area (Å²) < 4.78 is 15.8. The number of hydrogen-bond donors (Lipinski definition) is 1. The van der Waals surface area contributed by atoms with Crippen LogP contribution in [0.2, 0.25) is 0 Å². The van der Waals surface area contributed by atoms with Gasteiger partial charge in [0.25, 0.3) is 5.91 Å². The van der Waals surface area contributed by atoms with E-state index >= 15 is 0 Å². The van der Waals surface area contributed by atoms with E-state index < -0.39 is 0 Å². The molecule has 0 saturated heterocycles. The van der Waals surface area contributed by atoms with Gasteiger partial charge in [-0.25, -0.2) is 0 Å². The van der Waals surface area contributed by atoms with E-state index in [-0.39, 0.29) is 18.3 Å². The average Bonchev–Trinajstić information content (AvgIpc) is 3.14. The lowest BCUT2D eigenvalue weighted by atomic mass is 10.1. The SMILES string of the molecule is CCOCCOc1ccc(CCNC(=O)c2sccc2CC(=O)OCC)cc1. The molecule has 0 radical (unpaired) electrons. The highest BCUT2D eigenvalue weighted by Crippen LogP contribution is 2.18. The molecule has 1 aromatic heterocycles. The minimum atomic E-state index is -0.321. The summed E-state index contributed by atoms with van der Waals surface area (Å²) >= 11 is 1.33. The van der Waals surface area contributed by atoms with Gasteiger partial charge in [-0.05, 0) is 55.0 Å². The zero-order valence-electron chi connectivity index (χ0n) is 16.4. The monoisotopic (exact) mass is 405 g/mol. The fraction of sp³-hybridized carbons (Fsp3) is 0.429. The van der Waals surface area contributed by atoms with Gasteiger partial charge < -0.3 is 19.5 Å². The van der Waals surface area contributed by atoms with Crippen LogP contribution in [0.5, 0.6) is 5.75 Å². The van der Waals surface area contributed by atoms with Gasteiger partial charge in [0.05, 0.1) is 24.5 Å². The van der Waals surface area contributed by atoms with Gasteiger partial charge in [0.2, 0.25) is 0 Å². The molecular formula is C21H27NO5S. The van der Waals surface area contributed by atoms with Crippen LogP contribution in [0.3, 0.4) is 0 Å². The highest BCUT2D eigenvalue weighted by molar-refractivity contribution is 7.12. The molecule has 0 aliphatic carbocycles. The molecule has 0 aliphatic heterocycles. The smallest absolute Gasteiger partial charge is 0.310 e. The molecule has 0 unspecified atom stereocenters. The van der Waals surface area contributed by atoms with Gasteiger partial charge in [0.15, 0.2) is 0 Å². The molecule has 0 atom stereocenters. The van der Waals surface area contributed by atoms with Crippen molar-refractivity contribution in [3.8, 4) is 5.75 Å². The fourth-order valence-corrected chi connectivity index (χ4v) is 3.40. The van der Waals surface area contributed by atoms with E-state index in [1.807, 2.05) is 36.6 Å². The van der Waals surface area contributed by atoms with Crippen LogP contribution in [0.1, 0.15) is 34.6 Å². The Balaban J connectivity index is 1.76. The summed E-state index contributed by atoms with van der Waals surface area (Å²) in [4.78, 5) is 24.6. The van der Waals surface area contributed by atoms with Gasteiger partial charge in [-0.1, -0.05) is 12.1 Å². The number of amides is 1. The first-order valence-corrected chi connectivity index (χ1v) is 10.3. The maximum absolute atomic E-state index is 12.4. The van der Waals surface area contributed by atoms with Crippen molar-refractivity contribution in [3.63, 3.8) is 0 Å². The number of esters is 1. The molecule has 1 N–H and O–H groups in total. The maximum Gasteiger partial charge on any atom is 0.310 e. The molecule has 0 bridgehead atoms. The van der Waals surface area contributed by atoms with Crippen molar-refractivity contribution in [2.45, 2.75) is 26.7 Å². The predicted molar refractivity (Wildman–Crippen MR) is 109 cm³/mol. The van der Waals surface area contributed by atoms with E-state index in [4.69, 9.17) is 14.2 Å². The van der Waals surface area contributed by atoms with Crippen LogP contribution in [0.25, 0.3) is 0 Å². The van der Waals surface area contributed by atoms with E-state index in [0.29, 0.717) is 49.8 Å². The number of carbonyl (C=O) groups excluding carboxylic acids is 2. The number of thiophene rings is 1. The molecular weight excluding hydrogens is 378 g/mol. The molecule has 0 aliphatic rings. The predicted octanol–water partition coefficient (Wildman–Crippen LogP) is 3.24. The van der Waals surface area contributed by atoms with Crippen LogP contribution in [-0.2, 0) is 27.1 Å². The molecule has 0 fully saturated rings. The Hall–Kier alpha value is -2.38. The van der Waals surface area contributed by atoms with Crippen LogP contribution < -0.4 is 10.1 Å². The lowest BCUT2D eigenvalue weighted by Gasteiger charge is -2.08. The van der Waals surface area contributed by atoms with E-state index in [1.165, 1.54) is 11.3 Å². The van der Waals surface area contributed by atoms with Crippen LogP contribution in [0.4, 0.5) is 0 Å². The molecule has 6 nitrogen and oxygen atoms in total. The summed E-state index contributed by atoms with van der Waals surface area (Å²) in [6, 6.07) is 9.60. The van der Waals surface area contributed by atoms with E-state index in [2.05, 4.69) is 5.32 Å². The zero-order valence-corrected chi connectivity index (χ0v) is 17.2. The van der Waals surface area contributed by atoms with Gasteiger partial charge in [0, 0.05) is 13.2 Å². The van der Waals surface area contributed by atoms with Crippen LogP contribution in [-0.4, -0.2) is 44.8 Å². The molecule has 152 valence electrons. The molecule has 0 spiro atoms. The van der Waals surface area contributed by atoms with Crippen molar-refractivity contribution in [1.29, 1.82) is 0 Å². The van der Waals surface area contributed by atoms with Crippen LogP contribution >= 0.6 is 11.3 Å². The number of benzene rings is 1. The van der Waals surface area contributed by atoms with Crippen molar-refractivity contribution < 1.29 is 23.8 Å². The van der Waals surface area contributed by atoms with Gasteiger partial charge in [-0.15, -0.1) is 11.3 Å². The minimum Gasteiger partial charge on any atom is -0.491 e. The Labute approximate surface area is 169 Å². The molecule has 2 aromatic rings. The molecule has 1 aromatic carbocycles. The normalized spacial score (nSPS) is 10.5. The largest absolute Gasteiger partial charge is 0.491 e. The summed E-state index contributed by atoms with van der Waals surface area (Å²) in [5, 5.41) is 4.73. The van der Waals surface area contributed by atoms with E-state index in [0.717, 1.165) is 11.3 Å².